The van der Waals surface area contributed by atoms with Gasteiger partial charge in [0, 0.05) is 26.0 Å². The van der Waals surface area contributed by atoms with Crippen molar-refractivity contribution < 1.29 is 14.1 Å². The molecule has 1 fully saturated rings. The number of benzene rings is 1. The highest BCUT2D eigenvalue weighted by molar-refractivity contribution is 5.77. The fourth-order valence-corrected chi connectivity index (χ4v) is 3.04. The molecular formula is C19H25N3O3. The Hall–Kier alpha value is -2.21. The van der Waals surface area contributed by atoms with Crippen LogP contribution in [0.2, 0.25) is 0 Å². The van der Waals surface area contributed by atoms with Crippen molar-refractivity contribution in [2.75, 3.05) is 13.2 Å². The van der Waals surface area contributed by atoms with Crippen molar-refractivity contribution >= 4 is 5.91 Å². The second-order valence-corrected chi connectivity index (χ2v) is 7.08. The first-order chi connectivity index (χ1) is 12.0. The average molecular weight is 343 g/mol. The van der Waals surface area contributed by atoms with Crippen molar-refractivity contribution in [1.29, 1.82) is 0 Å². The molecule has 1 aliphatic heterocycles. The van der Waals surface area contributed by atoms with Gasteiger partial charge in [0.15, 0.2) is 5.82 Å². The molecule has 6 nitrogen and oxygen atoms in total. The summed E-state index contributed by atoms with van der Waals surface area (Å²) >= 11 is 0. The zero-order chi connectivity index (χ0) is 17.7. The van der Waals surface area contributed by atoms with Crippen LogP contribution in [0.4, 0.5) is 0 Å². The van der Waals surface area contributed by atoms with Gasteiger partial charge in [-0.1, -0.05) is 49.3 Å². The molecule has 2 aromatic rings. The number of ether oxygens (including phenoxy) is 1. The minimum Gasteiger partial charge on any atom is -0.368 e. The van der Waals surface area contributed by atoms with Gasteiger partial charge in [-0.3, -0.25) is 4.79 Å². The van der Waals surface area contributed by atoms with E-state index in [-0.39, 0.29) is 17.4 Å². The van der Waals surface area contributed by atoms with Crippen LogP contribution in [0.3, 0.4) is 0 Å². The van der Waals surface area contributed by atoms with E-state index in [4.69, 9.17) is 9.26 Å². The van der Waals surface area contributed by atoms with E-state index in [0.29, 0.717) is 31.1 Å². The number of carbonyl (C=O) groups is 1. The first-order valence-electron chi connectivity index (χ1n) is 8.81. The Balaban J connectivity index is 1.45. The number of nitrogens with zero attached hydrogens (tertiary/aromatic N) is 2. The van der Waals surface area contributed by atoms with Crippen LogP contribution in [0.1, 0.15) is 56.5 Å². The molecule has 1 saturated heterocycles. The third kappa shape index (κ3) is 4.66. The Kier molecular flexibility index (Phi) is 5.48. The molecule has 1 unspecified atom stereocenters. The monoisotopic (exact) mass is 343 g/mol. The third-order valence-corrected chi connectivity index (χ3v) is 4.52. The summed E-state index contributed by atoms with van der Waals surface area (Å²) in [5, 5.41) is 6.91. The Labute approximate surface area is 148 Å². The molecule has 1 N–H and O–H groups in total. The van der Waals surface area contributed by atoms with Gasteiger partial charge in [-0.2, -0.15) is 4.98 Å². The molecular weight excluding hydrogens is 318 g/mol. The standard InChI is InChI=1S/C19H25N3O3/c1-19(2,14-7-4-3-5-8-14)13-17(23)20-11-10-16-21-18(25-22-16)15-9-6-12-24-15/h3-5,7-8,15H,6,9-13H2,1-2H3,(H,20,23). The molecule has 1 aromatic heterocycles. The van der Waals surface area contributed by atoms with Crippen molar-refractivity contribution in [3.8, 4) is 0 Å². The third-order valence-electron chi connectivity index (χ3n) is 4.52. The fraction of sp³-hybridized carbons (Fsp3) is 0.526. The molecule has 0 saturated carbocycles. The summed E-state index contributed by atoms with van der Waals surface area (Å²) in [4.78, 5) is 16.6. The summed E-state index contributed by atoms with van der Waals surface area (Å²) < 4.78 is 10.8. The van der Waals surface area contributed by atoms with Crippen LogP contribution < -0.4 is 5.32 Å². The van der Waals surface area contributed by atoms with Gasteiger partial charge in [0.2, 0.25) is 5.91 Å². The molecule has 6 heteroatoms. The van der Waals surface area contributed by atoms with Gasteiger partial charge in [-0.05, 0) is 23.8 Å². The van der Waals surface area contributed by atoms with Crippen molar-refractivity contribution in [1.82, 2.24) is 15.5 Å². The summed E-state index contributed by atoms with van der Waals surface area (Å²) in [5.41, 5.74) is 0.953. The second-order valence-electron chi connectivity index (χ2n) is 7.08. The van der Waals surface area contributed by atoms with Gasteiger partial charge in [0.25, 0.3) is 5.89 Å². The summed E-state index contributed by atoms with van der Waals surface area (Å²) in [5.74, 6) is 1.17. The molecule has 0 spiro atoms. The quantitative estimate of drug-likeness (QED) is 0.836. The van der Waals surface area contributed by atoms with Crippen LogP contribution in [0.5, 0.6) is 0 Å². The van der Waals surface area contributed by atoms with Gasteiger partial charge in [-0.25, -0.2) is 0 Å². The fourth-order valence-electron chi connectivity index (χ4n) is 3.04. The van der Waals surface area contributed by atoms with E-state index < -0.39 is 0 Å². The number of nitrogens with one attached hydrogen (secondary N) is 1. The van der Waals surface area contributed by atoms with Gasteiger partial charge in [0.05, 0.1) is 0 Å². The largest absolute Gasteiger partial charge is 0.368 e. The zero-order valence-corrected chi connectivity index (χ0v) is 14.8. The molecule has 1 aromatic carbocycles. The Bertz CT molecular complexity index is 691. The van der Waals surface area contributed by atoms with Gasteiger partial charge in [0.1, 0.15) is 6.10 Å². The van der Waals surface area contributed by atoms with Gasteiger partial charge >= 0.3 is 0 Å². The van der Waals surface area contributed by atoms with Gasteiger partial charge < -0.3 is 14.6 Å². The minimum absolute atomic E-state index is 0.0247. The van der Waals surface area contributed by atoms with E-state index in [1.165, 1.54) is 0 Å². The lowest BCUT2D eigenvalue weighted by atomic mass is 9.81. The number of aromatic nitrogens is 2. The second kappa shape index (κ2) is 7.78. The van der Waals surface area contributed by atoms with E-state index in [9.17, 15) is 4.79 Å². The molecule has 134 valence electrons. The number of rotatable bonds is 7. The Morgan fingerprint density at radius 1 is 1.32 bits per heavy atom. The smallest absolute Gasteiger partial charge is 0.255 e. The maximum atomic E-state index is 12.2. The molecule has 1 atom stereocenters. The maximum absolute atomic E-state index is 12.2. The van der Waals surface area contributed by atoms with Crippen molar-refractivity contribution in [2.45, 2.75) is 51.0 Å². The predicted molar refractivity (Wildman–Crippen MR) is 93.0 cm³/mol. The van der Waals surface area contributed by atoms with E-state index in [0.717, 1.165) is 25.0 Å². The van der Waals surface area contributed by atoms with Crippen molar-refractivity contribution in [3.63, 3.8) is 0 Å². The number of carbonyl (C=O) groups excluding carboxylic acids is 1. The number of hydrogen-bond donors (Lipinski definition) is 1. The van der Waals surface area contributed by atoms with Crippen molar-refractivity contribution in [3.05, 3.63) is 47.6 Å². The summed E-state index contributed by atoms with van der Waals surface area (Å²) in [6, 6.07) is 10.1. The van der Waals surface area contributed by atoms with E-state index in [2.05, 4.69) is 41.4 Å². The predicted octanol–water partition coefficient (Wildman–Crippen LogP) is 2.95. The van der Waals surface area contributed by atoms with Crippen LogP contribution >= 0.6 is 0 Å². The zero-order valence-electron chi connectivity index (χ0n) is 14.8. The highest BCUT2D eigenvalue weighted by atomic mass is 16.5. The van der Waals surface area contributed by atoms with Crippen molar-refractivity contribution in [2.24, 2.45) is 0 Å². The maximum Gasteiger partial charge on any atom is 0.255 e. The first-order valence-corrected chi connectivity index (χ1v) is 8.81. The molecule has 25 heavy (non-hydrogen) atoms. The topological polar surface area (TPSA) is 77.2 Å². The number of hydrogen-bond acceptors (Lipinski definition) is 5. The summed E-state index contributed by atoms with van der Waals surface area (Å²) in [6.45, 7) is 5.40. The lowest BCUT2D eigenvalue weighted by Crippen LogP contribution is -2.32. The molecule has 0 bridgehead atoms. The average Bonchev–Trinajstić information content (AvgIpc) is 3.26. The Morgan fingerprint density at radius 2 is 2.12 bits per heavy atom. The highest BCUT2D eigenvalue weighted by Crippen LogP contribution is 2.27. The van der Waals surface area contributed by atoms with E-state index in [1.807, 2.05) is 18.2 Å². The van der Waals surface area contributed by atoms with Crippen LogP contribution in [0, 0.1) is 0 Å². The van der Waals surface area contributed by atoms with Crippen LogP contribution in [-0.4, -0.2) is 29.2 Å². The number of amides is 1. The highest BCUT2D eigenvalue weighted by Gasteiger charge is 2.25. The summed E-state index contributed by atoms with van der Waals surface area (Å²) in [6.07, 6.45) is 2.86. The van der Waals surface area contributed by atoms with E-state index in [1.54, 1.807) is 0 Å². The Morgan fingerprint density at radius 3 is 2.84 bits per heavy atom. The normalized spacial score (nSPS) is 17.6. The van der Waals surface area contributed by atoms with Gasteiger partial charge in [-0.15, -0.1) is 0 Å². The molecule has 2 heterocycles. The van der Waals surface area contributed by atoms with E-state index >= 15 is 0 Å². The minimum atomic E-state index is -0.204. The van der Waals surface area contributed by atoms with Crippen LogP contribution in [-0.2, 0) is 21.4 Å². The molecule has 3 rings (SSSR count). The lowest BCUT2D eigenvalue weighted by Gasteiger charge is -2.24. The summed E-state index contributed by atoms with van der Waals surface area (Å²) in [7, 11) is 0. The molecule has 1 amide bonds. The van der Waals surface area contributed by atoms with Crippen LogP contribution in [0.25, 0.3) is 0 Å². The lowest BCUT2D eigenvalue weighted by molar-refractivity contribution is -0.122. The SMILES string of the molecule is CC(C)(CC(=O)NCCc1noc(C2CCCO2)n1)c1ccccc1. The van der Waals surface area contributed by atoms with Crippen LogP contribution in [0.15, 0.2) is 34.9 Å². The molecule has 0 radical (unpaired) electrons. The first kappa shape index (κ1) is 17.6. The molecule has 0 aliphatic carbocycles. The molecule has 1 aliphatic rings.